The summed E-state index contributed by atoms with van der Waals surface area (Å²) in [6.07, 6.45) is 0. The molecule has 0 unspecified atom stereocenters. The fraction of sp³-hybridized carbons (Fsp3) is 0.222. The maximum atomic E-state index is 11.8. The van der Waals surface area contributed by atoms with E-state index in [1.165, 1.54) is 13.0 Å². The molecule has 26 heavy (non-hydrogen) atoms. The van der Waals surface area contributed by atoms with Crippen molar-refractivity contribution in [2.75, 3.05) is 25.0 Å². The van der Waals surface area contributed by atoms with Crippen LogP contribution in [-0.2, 0) is 4.79 Å². The number of nitro benzene ring substituents is 1. The van der Waals surface area contributed by atoms with E-state index in [-0.39, 0.29) is 30.5 Å². The van der Waals surface area contributed by atoms with Crippen molar-refractivity contribution in [3.8, 4) is 5.75 Å². The number of Topliss-reactive ketones (excluding diaryl/α,β-unsaturated/α-hetero) is 1. The van der Waals surface area contributed by atoms with Crippen LogP contribution in [0.25, 0.3) is 0 Å². The van der Waals surface area contributed by atoms with Gasteiger partial charge in [0.2, 0.25) is 0 Å². The van der Waals surface area contributed by atoms with Gasteiger partial charge in [0, 0.05) is 24.7 Å². The van der Waals surface area contributed by atoms with Gasteiger partial charge in [-0.05, 0) is 25.1 Å². The molecule has 0 aliphatic carbocycles. The van der Waals surface area contributed by atoms with Crippen LogP contribution in [0.4, 0.5) is 11.4 Å². The number of carbonyl (C=O) groups excluding carboxylic acids is 2. The summed E-state index contributed by atoms with van der Waals surface area (Å²) in [6.45, 7) is 1.88. The Kier molecular flexibility index (Phi) is 6.67. The number of benzene rings is 2. The number of ether oxygens (including phenoxy) is 1. The van der Waals surface area contributed by atoms with Crippen molar-refractivity contribution in [3.63, 3.8) is 0 Å². The van der Waals surface area contributed by atoms with Crippen molar-refractivity contribution in [2.45, 2.75) is 6.92 Å². The number of anilines is 1. The molecule has 136 valence electrons. The van der Waals surface area contributed by atoms with E-state index in [1.807, 2.05) is 0 Å². The summed E-state index contributed by atoms with van der Waals surface area (Å²) in [5.41, 5.74) is 0.883. The number of nitrogens with one attached hydrogen (secondary N) is 2. The molecule has 2 aromatic carbocycles. The lowest BCUT2D eigenvalue weighted by atomic mass is 10.1. The third-order valence-electron chi connectivity index (χ3n) is 3.47. The Balaban J connectivity index is 1.74. The zero-order valence-electron chi connectivity index (χ0n) is 14.2. The van der Waals surface area contributed by atoms with E-state index in [9.17, 15) is 19.7 Å². The fourth-order valence-corrected chi connectivity index (χ4v) is 2.19. The summed E-state index contributed by atoms with van der Waals surface area (Å²) in [6, 6.07) is 12.9. The Hall–Kier alpha value is -3.42. The number of rotatable bonds is 9. The Morgan fingerprint density at radius 1 is 1.12 bits per heavy atom. The van der Waals surface area contributed by atoms with Crippen molar-refractivity contribution in [1.29, 1.82) is 0 Å². The molecule has 0 atom stereocenters. The maximum absolute atomic E-state index is 11.8. The largest absolute Gasteiger partial charge is 0.484 e. The highest BCUT2D eigenvalue weighted by Crippen LogP contribution is 2.22. The van der Waals surface area contributed by atoms with E-state index in [2.05, 4.69) is 10.6 Å². The van der Waals surface area contributed by atoms with Crippen molar-refractivity contribution < 1.29 is 19.2 Å². The number of hydrogen-bond acceptors (Lipinski definition) is 6. The van der Waals surface area contributed by atoms with Crippen LogP contribution in [0.1, 0.15) is 17.3 Å². The Morgan fingerprint density at radius 3 is 2.62 bits per heavy atom. The van der Waals surface area contributed by atoms with Crippen molar-refractivity contribution in [1.82, 2.24) is 5.32 Å². The highest BCUT2D eigenvalue weighted by atomic mass is 16.6. The van der Waals surface area contributed by atoms with Gasteiger partial charge in [0.15, 0.2) is 12.4 Å². The summed E-state index contributed by atoms with van der Waals surface area (Å²) >= 11 is 0. The smallest absolute Gasteiger partial charge is 0.292 e. The SMILES string of the molecule is CC(=O)c1cccc(OCC(=O)NCCNc2ccccc2[N+](=O)[O-])c1. The minimum atomic E-state index is -0.468. The van der Waals surface area contributed by atoms with Crippen LogP contribution in [0, 0.1) is 10.1 Å². The van der Waals surface area contributed by atoms with Crippen molar-refractivity contribution >= 4 is 23.1 Å². The van der Waals surface area contributed by atoms with Gasteiger partial charge < -0.3 is 15.4 Å². The molecule has 0 aliphatic heterocycles. The van der Waals surface area contributed by atoms with Crippen LogP contribution in [0.5, 0.6) is 5.75 Å². The number of nitro groups is 1. The molecule has 0 aliphatic rings. The van der Waals surface area contributed by atoms with Crippen LogP contribution in [-0.4, -0.2) is 36.3 Å². The average Bonchev–Trinajstić information content (AvgIpc) is 2.64. The first kappa shape index (κ1) is 18.9. The van der Waals surface area contributed by atoms with Gasteiger partial charge in [0.1, 0.15) is 11.4 Å². The van der Waals surface area contributed by atoms with Gasteiger partial charge in [-0.1, -0.05) is 24.3 Å². The van der Waals surface area contributed by atoms with Gasteiger partial charge in [-0.15, -0.1) is 0 Å². The normalized spacial score (nSPS) is 10.0. The summed E-state index contributed by atoms with van der Waals surface area (Å²) < 4.78 is 5.35. The summed E-state index contributed by atoms with van der Waals surface area (Å²) in [5, 5.41) is 16.5. The van der Waals surface area contributed by atoms with Crippen LogP contribution >= 0.6 is 0 Å². The quantitative estimate of drug-likeness (QED) is 0.309. The molecular weight excluding hydrogens is 338 g/mol. The molecule has 0 saturated carbocycles. The van der Waals surface area contributed by atoms with Crippen LogP contribution in [0.2, 0.25) is 0 Å². The number of amides is 1. The monoisotopic (exact) mass is 357 g/mol. The van der Waals surface area contributed by atoms with Crippen LogP contribution in [0.3, 0.4) is 0 Å². The second kappa shape index (κ2) is 9.16. The fourth-order valence-electron chi connectivity index (χ4n) is 2.19. The minimum absolute atomic E-state index is 0.0208. The predicted octanol–water partition coefficient (Wildman–Crippen LogP) is 2.40. The number of nitrogens with zero attached hydrogens (tertiary/aromatic N) is 1. The third kappa shape index (κ3) is 5.59. The molecule has 0 aromatic heterocycles. The lowest BCUT2D eigenvalue weighted by Crippen LogP contribution is -2.32. The first-order chi connectivity index (χ1) is 12.5. The maximum Gasteiger partial charge on any atom is 0.292 e. The molecule has 2 N–H and O–H groups in total. The van der Waals surface area contributed by atoms with Crippen LogP contribution < -0.4 is 15.4 Å². The van der Waals surface area contributed by atoms with E-state index in [0.717, 1.165) is 0 Å². The predicted molar refractivity (Wildman–Crippen MR) is 96.5 cm³/mol. The molecule has 8 heteroatoms. The molecule has 2 rings (SSSR count). The van der Waals surface area contributed by atoms with E-state index in [1.54, 1.807) is 42.5 Å². The Labute approximate surface area is 150 Å². The van der Waals surface area contributed by atoms with Gasteiger partial charge in [-0.25, -0.2) is 0 Å². The van der Waals surface area contributed by atoms with Gasteiger partial charge in [-0.3, -0.25) is 19.7 Å². The Bertz CT molecular complexity index is 807. The van der Waals surface area contributed by atoms with E-state index in [0.29, 0.717) is 23.5 Å². The van der Waals surface area contributed by atoms with E-state index < -0.39 is 4.92 Å². The minimum Gasteiger partial charge on any atom is -0.484 e. The second-order valence-corrected chi connectivity index (χ2v) is 5.42. The zero-order valence-corrected chi connectivity index (χ0v) is 14.2. The van der Waals surface area contributed by atoms with E-state index in [4.69, 9.17) is 4.74 Å². The molecule has 0 fully saturated rings. The molecule has 0 radical (unpaired) electrons. The van der Waals surface area contributed by atoms with Crippen LogP contribution in [0.15, 0.2) is 48.5 Å². The molecule has 0 saturated heterocycles. The van der Waals surface area contributed by atoms with Gasteiger partial charge in [0.25, 0.3) is 11.6 Å². The molecule has 2 aromatic rings. The Morgan fingerprint density at radius 2 is 1.88 bits per heavy atom. The lowest BCUT2D eigenvalue weighted by Gasteiger charge is -2.09. The topological polar surface area (TPSA) is 111 Å². The molecule has 1 amide bonds. The summed E-state index contributed by atoms with van der Waals surface area (Å²) in [7, 11) is 0. The summed E-state index contributed by atoms with van der Waals surface area (Å²) in [4.78, 5) is 33.5. The van der Waals surface area contributed by atoms with Crippen molar-refractivity contribution in [3.05, 3.63) is 64.2 Å². The lowest BCUT2D eigenvalue weighted by molar-refractivity contribution is -0.384. The highest BCUT2D eigenvalue weighted by Gasteiger charge is 2.11. The molecule has 8 nitrogen and oxygen atoms in total. The average molecular weight is 357 g/mol. The molecule has 0 spiro atoms. The summed E-state index contributed by atoms with van der Waals surface area (Å²) in [5.74, 6) is 0.0226. The second-order valence-electron chi connectivity index (χ2n) is 5.42. The first-order valence-electron chi connectivity index (χ1n) is 7.95. The third-order valence-corrected chi connectivity index (χ3v) is 3.47. The zero-order chi connectivity index (χ0) is 18.9. The van der Waals surface area contributed by atoms with E-state index >= 15 is 0 Å². The van der Waals surface area contributed by atoms with Gasteiger partial charge in [-0.2, -0.15) is 0 Å². The van der Waals surface area contributed by atoms with Gasteiger partial charge in [0.05, 0.1) is 4.92 Å². The highest BCUT2D eigenvalue weighted by molar-refractivity contribution is 5.94. The standard InChI is InChI=1S/C18H19N3O5/c1-13(22)14-5-4-6-15(11-14)26-12-18(23)20-10-9-19-16-7-2-3-8-17(16)21(24)25/h2-8,11,19H,9-10,12H2,1H3,(H,20,23). The number of hydrogen-bond donors (Lipinski definition) is 2. The molecule has 0 bridgehead atoms. The van der Waals surface area contributed by atoms with Crippen molar-refractivity contribution in [2.24, 2.45) is 0 Å². The number of ketones is 1. The number of carbonyl (C=O) groups is 2. The molecular formula is C18H19N3O5. The number of para-hydroxylation sites is 2. The first-order valence-corrected chi connectivity index (χ1v) is 7.95. The van der Waals surface area contributed by atoms with Gasteiger partial charge >= 0.3 is 0 Å². The molecule has 0 heterocycles.